The molecule has 1 aliphatic heterocycles. The summed E-state index contributed by atoms with van der Waals surface area (Å²) in [4.78, 5) is 19.4. The highest BCUT2D eigenvalue weighted by molar-refractivity contribution is 7.13. The lowest BCUT2D eigenvalue weighted by Crippen LogP contribution is -2.52. The number of ether oxygens (including phenoxy) is 1. The van der Waals surface area contributed by atoms with Gasteiger partial charge in [0.2, 0.25) is 0 Å². The number of piperazine rings is 1. The van der Waals surface area contributed by atoms with Gasteiger partial charge >= 0.3 is 0 Å². The van der Waals surface area contributed by atoms with Gasteiger partial charge in [-0.25, -0.2) is 4.98 Å². The highest BCUT2D eigenvalue weighted by Gasteiger charge is 2.26. The Hall–Kier alpha value is -0.980. The zero-order chi connectivity index (χ0) is 13.8. The average molecular weight is 283 g/mol. The lowest BCUT2D eigenvalue weighted by Gasteiger charge is -2.33. The topological polar surface area (TPSA) is 54.5 Å². The predicted molar refractivity (Wildman–Crippen MR) is 75.5 cm³/mol. The third-order valence-electron chi connectivity index (χ3n) is 3.26. The van der Waals surface area contributed by atoms with Crippen molar-refractivity contribution in [2.75, 3.05) is 26.2 Å². The summed E-state index contributed by atoms with van der Waals surface area (Å²) in [6, 6.07) is 0.233. The maximum Gasteiger partial charge on any atom is 0.265 e. The van der Waals surface area contributed by atoms with Crippen molar-refractivity contribution >= 4 is 17.2 Å². The predicted octanol–water partition coefficient (Wildman–Crippen LogP) is 1.67. The van der Waals surface area contributed by atoms with Crippen LogP contribution in [0.3, 0.4) is 0 Å². The fourth-order valence-corrected chi connectivity index (χ4v) is 3.05. The Morgan fingerprint density at radius 3 is 3.21 bits per heavy atom. The molecular formula is C13H21N3O2S. The quantitative estimate of drug-likeness (QED) is 0.913. The molecule has 2 rings (SSSR count). The monoisotopic (exact) mass is 283 g/mol. The summed E-state index contributed by atoms with van der Waals surface area (Å²) in [5, 5.41) is 4.15. The van der Waals surface area contributed by atoms with Crippen LogP contribution in [0.4, 0.5) is 0 Å². The number of nitrogens with zero attached hydrogens (tertiary/aromatic N) is 2. The van der Waals surface area contributed by atoms with Crippen molar-refractivity contribution in [3.8, 4) is 0 Å². The molecule has 1 aromatic rings. The van der Waals surface area contributed by atoms with Crippen molar-refractivity contribution in [2.45, 2.75) is 32.9 Å². The van der Waals surface area contributed by atoms with Crippen LogP contribution in [0.2, 0.25) is 0 Å². The molecule has 1 saturated heterocycles. The van der Waals surface area contributed by atoms with Gasteiger partial charge in [-0.15, -0.1) is 11.3 Å². The zero-order valence-corrected chi connectivity index (χ0v) is 12.5. The van der Waals surface area contributed by atoms with E-state index in [1.54, 1.807) is 6.20 Å². The minimum Gasteiger partial charge on any atom is -0.372 e. The molecule has 1 amide bonds. The number of thiazole rings is 1. The molecule has 5 nitrogen and oxygen atoms in total. The van der Waals surface area contributed by atoms with Gasteiger partial charge in [0.05, 0.1) is 6.20 Å². The van der Waals surface area contributed by atoms with Crippen molar-refractivity contribution in [3.05, 3.63) is 16.1 Å². The van der Waals surface area contributed by atoms with Gasteiger partial charge in [0, 0.05) is 32.3 Å². The van der Waals surface area contributed by atoms with Gasteiger partial charge in [-0.05, 0) is 20.8 Å². The maximum atomic E-state index is 12.4. The Bertz CT molecular complexity index is 435. The van der Waals surface area contributed by atoms with Gasteiger partial charge in [-0.3, -0.25) is 4.79 Å². The Morgan fingerprint density at radius 1 is 1.74 bits per heavy atom. The Kier molecular flexibility index (Phi) is 4.90. The minimum atomic E-state index is -0.0444. The number of hydrogen-bond donors (Lipinski definition) is 1. The molecule has 1 unspecified atom stereocenters. The highest BCUT2D eigenvalue weighted by atomic mass is 32.1. The second kappa shape index (κ2) is 6.45. The van der Waals surface area contributed by atoms with Crippen LogP contribution in [0.1, 0.15) is 41.6 Å². The number of hydrogen-bond acceptors (Lipinski definition) is 5. The second-order valence-electron chi connectivity index (χ2n) is 4.71. The fraction of sp³-hybridized carbons (Fsp3) is 0.692. The van der Waals surface area contributed by atoms with E-state index in [2.05, 4.69) is 17.2 Å². The van der Waals surface area contributed by atoms with Gasteiger partial charge in [0.15, 0.2) is 0 Å². The molecule has 106 valence electrons. The van der Waals surface area contributed by atoms with E-state index < -0.39 is 0 Å². The van der Waals surface area contributed by atoms with E-state index in [4.69, 9.17) is 4.74 Å². The number of rotatable bonds is 4. The Labute approximate surface area is 118 Å². The standard InChI is InChI=1S/C13H21N3O2S/c1-4-18-10(3)12-15-8-11(19-12)13(17)16-6-5-14-7-9(16)2/h8-10,14H,4-7H2,1-3H3/t9-,10?/m1/s1. The molecule has 0 aliphatic carbocycles. The van der Waals surface area contributed by atoms with Crippen molar-refractivity contribution in [1.82, 2.24) is 15.2 Å². The summed E-state index contributed by atoms with van der Waals surface area (Å²) in [7, 11) is 0. The molecule has 6 heteroatoms. The highest BCUT2D eigenvalue weighted by Crippen LogP contribution is 2.24. The third-order valence-corrected chi connectivity index (χ3v) is 4.41. The summed E-state index contributed by atoms with van der Waals surface area (Å²) < 4.78 is 5.50. The largest absolute Gasteiger partial charge is 0.372 e. The van der Waals surface area contributed by atoms with Crippen molar-refractivity contribution in [2.24, 2.45) is 0 Å². The first-order valence-electron chi connectivity index (χ1n) is 6.72. The molecule has 2 atom stereocenters. The van der Waals surface area contributed by atoms with Crippen LogP contribution in [0.25, 0.3) is 0 Å². The zero-order valence-electron chi connectivity index (χ0n) is 11.7. The second-order valence-corrected chi connectivity index (χ2v) is 5.77. The summed E-state index contributed by atoms with van der Waals surface area (Å²) in [6.07, 6.45) is 1.63. The van der Waals surface area contributed by atoms with E-state index in [0.717, 1.165) is 24.6 Å². The van der Waals surface area contributed by atoms with E-state index in [-0.39, 0.29) is 18.1 Å². The smallest absolute Gasteiger partial charge is 0.265 e. The van der Waals surface area contributed by atoms with Crippen LogP contribution in [0.15, 0.2) is 6.20 Å². The summed E-state index contributed by atoms with van der Waals surface area (Å²) in [5.41, 5.74) is 0. The molecule has 1 aliphatic rings. The molecule has 19 heavy (non-hydrogen) atoms. The molecule has 0 bridgehead atoms. The van der Waals surface area contributed by atoms with E-state index in [9.17, 15) is 4.79 Å². The number of carbonyl (C=O) groups excluding carboxylic acids is 1. The van der Waals surface area contributed by atoms with Crippen LogP contribution in [-0.2, 0) is 4.74 Å². The molecule has 0 radical (unpaired) electrons. The van der Waals surface area contributed by atoms with E-state index in [0.29, 0.717) is 11.5 Å². The van der Waals surface area contributed by atoms with Gasteiger partial charge in [0.25, 0.3) is 5.91 Å². The number of aromatic nitrogens is 1. The number of carbonyl (C=O) groups is 1. The van der Waals surface area contributed by atoms with Gasteiger partial charge in [-0.1, -0.05) is 0 Å². The van der Waals surface area contributed by atoms with Crippen LogP contribution in [0.5, 0.6) is 0 Å². The Morgan fingerprint density at radius 2 is 2.53 bits per heavy atom. The fourth-order valence-electron chi connectivity index (χ4n) is 2.18. The molecule has 2 heterocycles. The molecule has 0 aromatic carbocycles. The van der Waals surface area contributed by atoms with Crippen LogP contribution in [-0.4, -0.2) is 48.1 Å². The van der Waals surface area contributed by atoms with E-state index in [1.807, 2.05) is 18.7 Å². The van der Waals surface area contributed by atoms with E-state index in [1.165, 1.54) is 11.3 Å². The van der Waals surface area contributed by atoms with Gasteiger partial charge < -0.3 is 15.0 Å². The normalized spacial score (nSPS) is 21.4. The molecular weight excluding hydrogens is 262 g/mol. The minimum absolute atomic E-state index is 0.0444. The first kappa shape index (κ1) is 14.4. The van der Waals surface area contributed by atoms with Crippen LogP contribution in [0, 0.1) is 0 Å². The van der Waals surface area contributed by atoms with Crippen LogP contribution < -0.4 is 5.32 Å². The molecule has 1 fully saturated rings. The van der Waals surface area contributed by atoms with Gasteiger partial charge in [-0.2, -0.15) is 0 Å². The molecule has 0 saturated carbocycles. The lowest BCUT2D eigenvalue weighted by atomic mass is 10.2. The van der Waals surface area contributed by atoms with Crippen molar-refractivity contribution < 1.29 is 9.53 Å². The lowest BCUT2D eigenvalue weighted by molar-refractivity contribution is 0.0660. The average Bonchev–Trinajstić information content (AvgIpc) is 2.88. The SMILES string of the molecule is CCOC(C)c1ncc(C(=O)N2CCNC[C@H]2C)s1. The molecule has 1 aromatic heterocycles. The summed E-state index contributed by atoms with van der Waals surface area (Å²) in [5.74, 6) is 0.0847. The maximum absolute atomic E-state index is 12.4. The molecule has 1 N–H and O–H groups in total. The first-order chi connectivity index (χ1) is 9.13. The Balaban J connectivity index is 2.07. The van der Waals surface area contributed by atoms with Crippen LogP contribution >= 0.6 is 11.3 Å². The summed E-state index contributed by atoms with van der Waals surface area (Å²) in [6.45, 7) is 9.11. The molecule has 0 spiro atoms. The first-order valence-corrected chi connectivity index (χ1v) is 7.54. The van der Waals surface area contributed by atoms with E-state index >= 15 is 0 Å². The van der Waals surface area contributed by atoms with Gasteiger partial charge in [0.1, 0.15) is 16.0 Å². The number of amides is 1. The summed E-state index contributed by atoms with van der Waals surface area (Å²) >= 11 is 1.44. The number of nitrogens with one attached hydrogen (secondary N) is 1. The van der Waals surface area contributed by atoms with Crippen molar-refractivity contribution in [3.63, 3.8) is 0 Å². The van der Waals surface area contributed by atoms with Crippen molar-refractivity contribution in [1.29, 1.82) is 0 Å². The third kappa shape index (κ3) is 3.32.